The van der Waals surface area contributed by atoms with Crippen molar-refractivity contribution >= 4 is 22.8 Å². The van der Waals surface area contributed by atoms with Crippen LogP contribution >= 0.6 is 0 Å². The monoisotopic (exact) mass is 363 g/mol. The first-order valence-electron chi connectivity index (χ1n) is 7.74. The van der Waals surface area contributed by atoms with E-state index in [0.29, 0.717) is 16.7 Å². The summed E-state index contributed by atoms with van der Waals surface area (Å²) in [5, 5.41) is 9.28. The molecule has 2 heterocycles. The van der Waals surface area contributed by atoms with Crippen LogP contribution in [0.1, 0.15) is 17.3 Å². The maximum atomic E-state index is 13.3. The zero-order chi connectivity index (χ0) is 18.9. The molecule has 3 aromatic rings. The minimum Gasteiger partial charge on any atom is -0.322 e. The fraction of sp³-hybridized carbons (Fsp3) is 0.235. The van der Waals surface area contributed by atoms with Gasteiger partial charge in [0.1, 0.15) is 0 Å². The number of nitrogens with zero attached hydrogens (tertiary/aromatic N) is 3. The van der Waals surface area contributed by atoms with E-state index >= 15 is 0 Å². The van der Waals surface area contributed by atoms with Crippen LogP contribution in [0.2, 0.25) is 0 Å². The quantitative estimate of drug-likeness (QED) is 0.745. The zero-order valence-corrected chi connectivity index (χ0v) is 14.0. The van der Waals surface area contributed by atoms with Crippen LogP contribution in [0.25, 0.3) is 11.0 Å². The largest absolute Gasteiger partial charge is 0.412 e. The van der Waals surface area contributed by atoms with Gasteiger partial charge in [-0.2, -0.15) is 18.3 Å². The second-order valence-electron chi connectivity index (χ2n) is 5.79. The number of hydrogen-bond acceptors (Lipinski definition) is 3. The lowest BCUT2D eigenvalue weighted by Gasteiger charge is -2.22. The number of carbonyl (C=O) groups excluding carboxylic acids is 1. The first-order valence-corrected chi connectivity index (χ1v) is 7.74. The molecule has 26 heavy (non-hydrogen) atoms. The SMILES string of the molecule is Cc1nn(C)c2ncc(NC(=O)NC(c3ccccc3)C(F)(F)F)cc12. The van der Waals surface area contributed by atoms with Crippen LogP contribution in [0, 0.1) is 6.92 Å². The Morgan fingerprint density at radius 2 is 1.92 bits per heavy atom. The van der Waals surface area contributed by atoms with Crippen LogP contribution in [0.3, 0.4) is 0 Å². The molecule has 3 rings (SSSR count). The number of halogens is 3. The minimum atomic E-state index is -4.62. The molecule has 0 aliphatic carbocycles. The number of hydrogen-bond donors (Lipinski definition) is 2. The Bertz CT molecular complexity index is 937. The molecule has 0 saturated heterocycles. The highest BCUT2D eigenvalue weighted by molar-refractivity contribution is 5.92. The summed E-state index contributed by atoms with van der Waals surface area (Å²) in [5.41, 5.74) is 1.55. The third kappa shape index (κ3) is 3.61. The van der Waals surface area contributed by atoms with Crippen molar-refractivity contribution in [3.63, 3.8) is 0 Å². The normalized spacial score (nSPS) is 12.8. The van der Waals surface area contributed by atoms with Crippen molar-refractivity contribution in [2.75, 3.05) is 5.32 Å². The van der Waals surface area contributed by atoms with Gasteiger partial charge in [-0.15, -0.1) is 0 Å². The van der Waals surface area contributed by atoms with Crippen molar-refractivity contribution in [1.82, 2.24) is 20.1 Å². The molecular weight excluding hydrogens is 347 g/mol. The highest BCUT2D eigenvalue weighted by atomic mass is 19.4. The Labute approximate surface area is 147 Å². The molecule has 2 N–H and O–H groups in total. The highest BCUT2D eigenvalue weighted by Gasteiger charge is 2.41. The van der Waals surface area contributed by atoms with Crippen LogP contribution < -0.4 is 10.6 Å². The standard InChI is InChI=1S/C17H16F3N5O/c1-10-13-8-12(9-21-15(13)25(2)24-10)22-16(26)23-14(17(18,19)20)11-6-4-3-5-7-11/h3-9,14H,1-2H3,(H2,22,23,26). The van der Waals surface area contributed by atoms with Crippen LogP contribution in [-0.2, 0) is 7.05 Å². The Balaban J connectivity index is 1.80. The highest BCUT2D eigenvalue weighted by Crippen LogP contribution is 2.32. The molecule has 2 amide bonds. The molecule has 1 unspecified atom stereocenters. The van der Waals surface area contributed by atoms with Gasteiger partial charge >= 0.3 is 12.2 Å². The first-order chi connectivity index (χ1) is 12.3. The van der Waals surface area contributed by atoms with Crippen molar-refractivity contribution in [2.45, 2.75) is 19.1 Å². The number of fused-ring (bicyclic) bond motifs is 1. The lowest BCUT2D eigenvalue weighted by Crippen LogP contribution is -2.40. The van der Waals surface area contributed by atoms with Crippen molar-refractivity contribution in [3.05, 3.63) is 53.9 Å². The maximum Gasteiger partial charge on any atom is 0.412 e. The predicted molar refractivity (Wildman–Crippen MR) is 90.6 cm³/mol. The van der Waals surface area contributed by atoms with E-state index in [1.54, 1.807) is 30.8 Å². The zero-order valence-electron chi connectivity index (χ0n) is 14.0. The molecule has 0 aliphatic rings. The summed E-state index contributed by atoms with van der Waals surface area (Å²) in [6.07, 6.45) is -3.25. The smallest absolute Gasteiger partial charge is 0.322 e. The van der Waals surface area contributed by atoms with Gasteiger partial charge in [-0.25, -0.2) is 9.78 Å². The van der Waals surface area contributed by atoms with Gasteiger partial charge in [-0.05, 0) is 18.6 Å². The molecule has 136 valence electrons. The average molecular weight is 363 g/mol. The van der Waals surface area contributed by atoms with Gasteiger partial charge in [0.25, 0.3) is 0 Å². The van der Waals surface area contributed by atoms with Crippen LogP contribution in [0.15, 0.2) is 42.6 Å². The minimum absolute atomic E-state index is 0.0492. The Morgan fingerprint density at radius 1 is 1.23 bits per heavy atom. The summed E-state index contributed by atoms with van der Waals surface area (Å²) >= 11 is 0. The lowest BCUT2D eigenvalue weighted by atomic mass is 10.1. The predicted octanol–water partition coefficient (Wildman–Crippen LogP) is 3.70. The lowest BCUT2D eigenvalue weighted by molar-refractivity contribution is -0.154. The third-order valence-electron chi connectivity index (χ3n) is 3.86. The van der Waals surface area contributed by atoms with E-state index in [9.17, 15) is 18.0 Å². The molecule has 0 spiro atoms. The van der Waals surface area contributed by atoms with Crippen LogP contribution in [-0.4, -0.2) is 27.0 Å². The number of benzene rings is 1. The van der Waals surface area contributed by atoms with Gasteiger partial charge in [0, 0.05) is 12.4 Å². The molecule has 1 aromatic carbocycles. The van der Waals surface area contributed by atoms with Gasteiger partial charge in [-0.1, -0.05) is 30.3 Å². The Hall–Kier alpha value is -3.10. The van der Waals surface area contributed by atoms with Crippen molar-refractivity contribution in [2.24, 2.45) is 7.05 Å². The van der Waals surface area contributed by atoms with Gasteiger partial charge in [-0.3, -0.25) is 4.68 Å². The summed E-state index contributed by atoms with van der Waals surface area (Å²) in [7, 11) is 1.73. The number of urea groups is 1. The molecule has 1 atom stereocenters. The van der Waals surface area contributed by atoms with Crippen LogP contribution in [0.5, 0.6) is 0 Å². The number of amides is 2. The molecule has 9 heteroatoms. The van der Waals surface area contributed by atoms with Gasteiger partial charge in [0.15, 0.2) is 11.7 Å². The number of pyridine rings is 1. The fourth-order valence-corrected chi connectivity index (χ4v) is 2.67. The molecule has 0 aliphatic heterocycles. The summed E-state index contributed by atoms with van der Waals surface area (Å²) in [4.78, 5) is 16.3. The van der Waals surface area contributed by atoms with E-state index in [2.05, 4.69) is 15.4 Å². The van der Waals surface area contributed by atoms with Gasteiger partial charge < -0.3 is 10.6 Å². The molecule has 2 aromatic heterocycles. The maximum absolute atomic E-state index is 13.3. The molecule has 0 bridgehead atoms. The molecular formula is C17H16F3N5O. The number of aromatic nitrogens is 3. The topological polar surface area (TPSA) is 71.8 Å². The number of rotatable bonds is 3. The number of alkyl halides is 3. The number of aryl methyl sites for hydroxylation is 2. The van der Waals surface area contributed by atoms with E-state index < -0.39 is 18.2 Å². The van der Waals surface area contributed by atoms with Crippen molar-refractivity contribution in [1.29, 1.82) is 0 Å². The molecule has 0 saturated carbocycles. The number of nitrogens with one attached hydrogen (secondary N) is 2. The van der Waals surface area contributed by atoms with Crippen molar-refractivity contribution < 1.29 is 18.0 Å². The van der Waals surface area contributed by atoms with Gasteiger partial charge in [0.05, 0.1) is 17.6 Å². The Kier molecular flexibility index (Phi) is 4.54. The molecule has 6 nitrogen and oxygen atoms in total. The molecule has 0 radical (unpaired) electrons. The summed E-state index contributed by atoms with van der Waals surface area (Å²) in [6.45, 7) is 1.78. The van der Waals surface area contributed by atoms with Crippen LogP contribution in [0.4, 0.5) is 23.7 Å². The Morgan fingerprint density at radius 3 is 2.58 bits per heavy atom. The van der Waals surface area contributed by atoms with E-state index in [-0.39, 0.29) is 11.3 Å². The summed E-state index contributed by atoms with van der Waals surface area (Å²) in [5.74, 6) is 0. The summed E-state index contributed by atoms with van der Waals surface area (Å²) < 4.78 is 41.5. The van der Waals surface area contributed by atoms with Gasteiger partial charge in [0.2, 0.25) is 0 Å². The fourth-order valence-electron chi connectivity index (χ4n) is 2.67. The third-order valence-corrected chi connectivity index (χ3v) is 3.86. The van der Waals surface area contributed by atoms with E-state index in [4.69, 9.17) is 0 Å². The summed E-state index contributed by atoms with van der Waals surface area (Å²) in [6, 6.07) is 5.73. The second-order valence-corrected chi connectivity index (χ2v) is 5.79. The molecule has 0 fully saturated rings. The van der Waals surface area contributed by atoms with Crippen molar-refractivity contribution in [3.8, 4) is 0 Å². The number of carbonyl (C=O) groups is 1. The number of anilines is 1. The second kappa shape index (κ2) is 6.66. The first kappa shape index (κ1) is 17.7. The van der Waals surface area contributed by atoms with E-state index in [1.165, 1.54) is 30.5 Å². The van der Waals surface area contributed by atoms with E-state index in [0.717, 1.165) is 0 Å². The van der Waals surface area contributed by atoms with E-state index in [1.807, 2.05) is 5.32 Å². The average Bonchev–Trinajstić information content (AvgIpc) is 2.86.